The average molecular weight is 461 g/mol. The van der Waals surface area contributed by atoms with Gasteiger partial charge in [-0.1, -0.05) is 30.7 Å². The van der Waals surface area contributed by atoms with E-state index in [0.717, 1.165) is 11.3 Å². The molecule has 0 heterocycles. The van der Waals surface area contributed by atoms with E-state index in [-0.39, 0.29) is 24.3 Å². The highest BCUT2D eigenvalue weighted by Crippen LogP contribution is 2.18. The summed E-state index contributed by atoms with van der Waals surface area (Å²) in [5.41, 5.74) is 0.937. The molecule has 2 amide bonds. The Balaban J connectivity index is 2.05. The molecule has 2 aromatic rings. The monoisotopic (exact) mass is 460 g/mol. The third kappa shape index (κ3) is 8.08. The number of carbonyl (C=O) groups is 2. The van der Waals surface area contributed by atoms with Crippen LogP contribution in [0, 0.1) is 0 Å². The van der Waals surface area contributed by atoms with Crippen molar-refractivity contribution in [3.8, 4) is 11.5 Å². The van der Waals surface area contributed by atoms with Crippen molar-refractivity contribution >= 4 is 23.4 Å². The highest BCUT2D eigenvalue weighted by atomic mass is 35.5. The number of hydrogen-bond donors (Lipinski definition) is 1. The Kier molecular flexibility index (Phi) is 10.3. The summed E-state index contributed by atoms with van der Waals surface area (Å²) in [5.74, 6) is 1.24. The molecule has 2 rings (SSSR count). The van der Waals surface area contributed by atoms with Crippen LogP contribution in [0.5, 0.6) is 11.5 Å². The standard InChI is InChI=1S/C25H33ClN2O4/c1-5-23(25(30)27-18(2)3)28(17-19-8-12-21(31-4)13-9-19)24(29)7-6-16-32-22-14-10-20(26)11-15-22/h8-15,18,23H,5-7,16-17H2,1-4H3,(H,27,30)/t23-/m1/s1. The first kappa shape index (κ1) is 25.5. The molecule has 0 unspecified atom stereocenters. The van der Waals surface area contributed by atoms with Crippen LogP contribution >= 0.6 is 11.6 Å². The number of methoxy groups -OCH3 is 1. The lowest BCUT2D eigenvalue weighted by molar-refractivity contribution is -0.141. The normalized spacial score (nSPS) is 11.7. The molecule has 1 atom stereocenters. The number of ether oxygens (including phenoxy) is 2. The molecule has 0 spiro atoms. The number of carbonyl (C=O) groups excluding carboxylic acids is 2. The molecule has 2 aromatic carbocycles. The predicted octanol–water partition coefficient (Wildman–Crippen LogP) is 4.84. The van der Waals surface area contributed by atoms with Gasteiger partial charge in [0.05, 0.1) is 13.7 Å². The highest BCUT2D eigenvalue weighted by molar-refractivity contribution is 6.30. The second-order valence-corrected chi connectivity index (χ2v) is 8.30. The van der Waals surface area contributed by atoms with Gasteiger partial charge >= 0.3 is 0 Å². The number of halogens is 1. The summed E-state index contributed by atoms with van der Waals surface area (Å²) >= 11 is 5.89. The molecule has 0 aromatic heterocycles. The maximum atomic E-state index is 13.2. The molecule has 0 aliphatic carbocycles. The van der Waals surface area contributed by atoms with Gasteiger partial charge in [0.25, 0.3) is 0 Å². The molecule has 0 saturated carbocycles. The van der Waals surface area contributed by atoms with Gasteiger partial charge in [0.2, 0.25) is 11.8 Å². The Morgan fingerprint density at radius 2 is 1.66 bits per heavy atom. The zero-order valence-corrected chi connectivity index (χ0v) is 20.0. The molecule has 1 N–H and O–H groups in total. The summed E-state index contributed by atoms with van der Waals surface area (Å²) in [6.45, 7) is 6.49. The quantitative estimate of drug-likeness (QED) is 0.460. The van der Waals surface area contributed by atoms with E-state index in [4.69, 9.17) is 21.1 Å². The Morgan fingerprint density at radius 3 is 2.22 bits per heavy atom. The van der Waals surface area contributed by atoms with Gasteiger partial charge in [-0.3, -0.25) is 9.59 Å². The summed E-state index contributed by atoms with van der Waals surface area (Å²) in [5, 5.41) is 3.58. The summed E-state index contributed by atoms with van der Waals surface area (Å²) in [4.78, 5) is 27.6. The van der Waals surface area contributed by atoms with Crippen molar-refractivity contribution in [2.24, 2.45) is 0 Å². The number of amides is 2. The van der Waals surface area contributed by atoms with Gasteiger partial charge in [-0.05, 0) is 68.7 Å². The number of nitrogens with one attached hydrogen (secondary N) is 1. The van der Waals surface area contributed by atoms with Gasteiger partial charge in [0, 0.05) is 24.0 Å². The van der Waals surface area contributed by atoms with Crippen LogP contribution in [0.25, 0.3) is 0 Å². The second-order valence-electron chi connectivity index (χ2n) is 7.86. The fourth-order valence-corrected chi connectivity index (χ4v) is 3.44. The minimum atomic E-state index is -0.538. The zero-order valence-electron chi connectivity index (χ0n) is 19.3. The average Bonchev–Trinajstić information content (AvgIpc) is 2.77. The molecule has 0 aliphatic rings. The van der Waals surface area contributed by atoms with Crippen LogP contribution in [-0.4, -0.2) is 42.5 Å². The van der Waals surface area contributed by atoms with E-state index in [2.05, 4.69) is 5.32 Å². The lowest BCUT2D eigenvalue weighted by Crippen LogP contribution is -2.50. The fraction of sp³-hybridized carbons (Fsp3) is 0.440. The Morgan fingerprint density at radius 1 is 1.03 bits per heavy atom. The molecule has 0 radical (unpaired) electrons. The van der Waals surface area contributed by atoms with Crippen LogP contribution in [0.4, 0.5) is 0 Å². The van der Waals surface area contributed by atoms with Crippen molar-refractivity contribution in [2.45, 2.75) is 58.7 Å². The molecule has 0 fully saturated rings. The third-order valence-corrected chi connectivity index (χ3v) is 5.20. The topological polar surface area (TPSA) is 67.9 Å². The van der Waals surface area contributed by atoms with Crippen LogP contribution in [0.3, 0.4) is 0 Å². The molecule has 0 bridgehead atoms. The summed E-state index contributed by atoms with van der Waals surface area (Å²) in [7, 11) is 1.61. The molecule has 6 nitrogen and oxygen atoms in total. The van der Waals surface area contributed by atoms with E-state index < -0.39 is 6.04 Å². The summed E-state index contributed by atoms with van der Waals surface area (Å²) < 4.78 is 10.9. The van der Waals surface area contributed by atoms with Crippen molar-refractivity contribution in [1.82, 2.24) is 10.2 Å². The van der Waals surface area contributed by atoms with Crippen molar-refractivity contribution in [2.75, 3.05) is 13.7 Å². The predicted molar refractivity (Wildman–Crippen MR) is 127 cm³/mol. The number of hydrogen-bond acceptors (Lipinski definition) is 4. The summed E-state index contributed by atoms with van der Waals surface area (Å²) in [6, 6.07) is 14.1. The Bertz CT molecular complexity index is 853. The Hall–Kier alpha value is -2.73. The molecule has 174 valence electrons. The van der Waals surface area contributed by atoms with E-state index in [0.29, 0.717) is 36.8 Å². The first-order valence-corrected chi connectivity index (χ1v) is 11.3. The molecule has 32 heavy (non-hydrogen) atoms. The molecule has 7 heteroatoms. The largest absolute Gasteiger partial charge is 0.497 e. The van der Waals surface area contributed by atoms with E-state index in [9.17, 15) is 9.59 Å². The van der Waals surface area contributed by atoms with Crippen molar-refractivity contribution in [3.05, 3.63) is 59.1 Å². The SMILES string of the molecule is CC[C@H](C(=O)NC(C)C)N(Cc1ccc(OC)cc1)C(=O)CCCOc1ccc(Cl)cc1. The second kappa shape index (κ2) is 13.0. The fourth-order valence-electron chi connectivity index (χ4n) is 3.32. The van der Waals surface area contributed by atoms with Gasteiger partial charge in [-0.25, -0.2) is 0 Å². The van der Waals surface area contributed by atoms with Crippen LogP contribution in [0.1, 0.15) is 45.6 Å². The van der Waals surface area contributed by atoms with Gasteiger partial charge in [-0.2, -0.15) is 0 Å². The van der Waals surface area contributed by atoms with Gasteiger partial charge in [0.1, 0.15) is 17.5 Å². The Labute approximate surface area is 195 Å². The maximum Gasteiger partial charge on any atom is 0.243 e. The first-order chi connectivity index (χ1) is 15.3. The van der Waals surface area contributed by atoms with E-state index in [1.807, 2.05) is 45.0 Å². The van der Waals surface area contributed by atoms with Crippen LogP contribution in [0.2, 0.25) is 5.02 Å². The molecule has 0 saturated heterocycles. The van der Waals surface area contributed by atoms with E-state index >= 15 is 0 Å². The first-order valence-electron chi connectivity index (χ1n) is 10.9. The minimum absolute atomic E-state index is 0.00210. The molecular formula is C25H33ClN2O4. The van der Waals surface area contributed by atoms with Crippen LogP contribution < -0.4 is 14.8 Å². The van der Waals surface area contributed by atoms with Crippen LogP contribution in [0.15, 0.2) is 48.5 Å². The van der Waals surface area contributed by atoms with Gasteiger partial charge in [0.15, 0.2) is 0 Å². The van der Waals surface area contributed by atoms with Crippen molar-refractivity contribution in [1.29, 1.82) is 0 Å². The summed E-state index contributed by atoms with van der Waals surface area (Å²) in [6.07, 6.45) is 1.36. The van der Waals surface area contributed by atoms with Crippen molar-refractivity contribution in [3.63, 3.8) is 0 Å². The number of rotatable bonds is 12. The smallest absolute Gasteiger partial charge is 0.243 e. The number of benzene rings is 2. The van der Waals surface area contributed by atoms with Crippen LogP contribution in [-0.2, 0) is 16.1 Å². The van der Waals surface area contributed by atoms with Crippen molar-refractivity contribution < 1.29 is 19.1 Å². The highest BCUT2D eigenvalue weighted by Gasteiger charge is 2.28. The van der Waals surface area contributed by atoms with Gasteiger partial charge in [-0.15, -0.1) is 0 Å². The third-order valence-electron chi connectivity index (χ3n) is 4.95. The van der Waals surface area contributed by atoms with E-state index in [1.165, 1.54) is 0 Å². The van der Waals surface area contributed by atoms with Gasteiger partial charge < -0.3 is 19.7 Å². The number of nitrogens with zero attached hydrogens (tertiary/aromatic N) is 1. The molecular weight excluding hydrogens is 428 g/mol. The lowest BCUT2D eigenvalue weighted by Gasteiger charge is -2.31. The minimum Gasteiger partial charge on any atom is -0.497 e. The lowest BCUT2D eigenvalue weighted by atomic mass is 10.1. The molecule has 0 aliphatic heterocycles. The van der Waals surface area contributed by atoms with E-state index in [1.54, 1.807) is 36.3 Å². The zero-order chi connectivity index (χ0) is 23.5. The maximum absolute atomic E-state index is 13.2.